The lowest BCUT2D eigenvalue weighted by Crippen LogP contribution is -2.25. The predicted molar refractivity (Wildman–Crippen MR) is 75.5 cm³/mol. The number of aromatic nitrogens is 3. The second kappa shape index (κ2) is 4.00. The number of ketones is 1. The van der Waals surface area contributed by atoms with E-state index in [-0.39, 0.29) is 11.2 Å². The van der Waals surface area contributed by atoms with Gasteiger partial charge in [0.2, 0.25) is 0 Å². The van der Waals surface area contributed by atoms with Crippen LogP contribution < -0.4 is 0 Å². The number of hydrogen-bond acceptors (Lipinski definition) is 4. The van der Waals surface area contributed by atoms with Crippen LogP contribution in [0.5, 0.6) is 0 Å². The monoisotopic (exact) mass is 275 g/mol. The van der Waals surface area contributed by atoms with Crippen molar-refractivity contribution in [2.24, 2.45) is 12.5 Å². The van der Waals surface area contributed by atoms with Crippen LogP contribution >= 0.6 is 11.3 Å². The fourth-order valence-electron chi connectivity index (χ4n) is 2.54. The van der Waals surface area contributed by atoms with Crippen molar-refractivity contribution < 1.29 is 4.79 Å². The summed E-state index contributed by atoms with van der Waals surface area (Å²) < 4.78 is 1.83. The molecule has 4 nitrogen and oxygen atoms in total. The average molecular weight is 275 g/mol. The smallest absolute Gasteiger partial charge is 0.175 e. The topological polar surface area (TPSA) is 47.8 Å². The Labute approximate surface area is 116 Å². The molecule has 2 heterocycles. The highest BCUT2D eigenvalue weighted by Gasteiger charge is 2.34. The molecule has 0 aliphatic heterocycles. The standard InChI is InChI=1S/C14H17N3OS/c1-8-9(7-15-17(8)4)13-16-10-5-14(2,3)6-11(18)12(10)19-13/h7H,5-6H2,1-4H3. The van der Waals surface area contributed by atoms with Gasteiger partial charge in [-0.1, -0.05) is 13.8 Å². The van der Waals surface area contributed by atoms with Crippen LogP contribution in [-0.4, -0.2) is 20.5 Å². The van der Waals surface area contributed by atoms with Crippen LogP contribution in [0.25, 0.3) is 10.6 Å². The maximum absolute atomic E-state index is 12.2. The van der Waals surface area contributed by atoms with Gasteiger partial charge in [-0.15, -0.1) is 11.3 Å². The van der Waals surface area contributed by atoms with E-state index in [1.54, 1.807) is 0 Å². The number of aryl methyl sites for hydroxylation is 1. The first-order chi connectivity index (χ1) is 8.87. The maximum Gasteiger partial charge on any atom is 0.175 e. The number of thiazole rings is 1. The van der Waals surface area contributed by atoms with Gasteiger partial charge in [0, 0.05) is 19.2 Å². The van der Waals surface area contributed by atoms with Gasteiger partial charge in [0.05, 0.1) is 22.3 Å². The fraction of sp³-hybridized carbons (Fsp3) is 0.500. The predicted octanol–water partition coefficient (Wildman–Crippen LogP) is 3.01. The van der Waals surface area contributed by atoms with Crippen LogP contribution in [0, 0.1) is 12.3 Å². The normalized spacial score (nSPS) is 17.6. The number of nitrogens with zero attached hydrogens (tertiary/aromatic N) is 3. The molecule has 19 heavy (non-hydrogen) atoms. The molecular weight excluding hydrogens is 258 g/mol. The van der Waals surface area contributed by atoms with Crippen LogP contribution in [0.3, 0.4) is 0 Å². The quantitative estimate of drug-likeness (QED) is 0.803. The van der Waals surface area contributed by atoms with Crippen LogP contribution in [-0.2, 0) is 13.5 Å². The van der Waals surface area contributed by atoms with Gasteiger partial charge >= 0.3 is 0 Å². The molecule has 3 rings (SSSR count). The summed E-state index contributed by atoms with van der Waals surface area (Å²) in [5.74, 6) is 0.233. The average Bonchev–Trinajstić information content (AvgIpc) is 2.83. The van der Waals surface area contributed by atoms with Crippen molar-refractivity contribution in [2.45, 2.75) is 33.6 Å². The fourth-order valence-corrected chi connectivity index (χ4v) is 3.63. The number of fused-ring (bicyclic) bond motifs is 1. The Balaban J connectivity index is 2.09. The van der Waals surface area contributed by atoms with E-state index >= 15 is 0 Å². The van der Waals surface area contributed by atoms with Gasteiger partial charge in [-0.25, -0.2) is 4.98 Å². The van der Waals surface area contributed by atoms with E-state index in [1.807, 2.05) is 24.9 Å². The molecule has 0 atom stereocenters. The molecule has 0 radical (unpaired) electrons. The molecule has 0 bridgehead atoms. The first-order valence-electron chi connectivity index (χ1n) is 6.39. The summed E-state index contributed by atoms with van der Waals surface area (Å²) >= 11 is 1.51. The molecule has 2 aromatic rings. The number of Topliss-reactive ketones (excluding diaryl/α,β-unsaturated/α-hetero) is 1. The van der Waals surface area contributed by atoms with Gasteiger partial charge in [0.15, 0.2) is 5.78 Å². The van der Waals surface area contributed by atoms with E-state index in [1.165, 1.54) is 11.3 Å². The minimum Gasteiger partial charge on any atom is -0.293 e. The summed E-state index contributed by atoms with van der Waals surface area (Å²) in [4.78, 5) is 17.7. The number of carbonyl (C=O) groups is 1. The minimum atomic E-state index is 0.0272. The first kappa shape index (κ1) is 12.5. The highest BCUT2D eigenvalue weighted by molar-refractivity contribution is 7.17. The Morgan fingerprint density at radius 1 is 1.37 bits per heavy atom. The van der Waals surface area contributed by atoms with Crippen molar-refractivity contribution in [2.75, 3.05) is 0 Å². The van der Waals surface area contributed by atoms with Crippen LogP contribution in [0.4, 0.5) is 0 Å². The summed E-state index contributed by atoms with van der Waals surface area (Å²) in [5, 5.41) is 5.16. The molecule has 0 N–H and O–H groups in total. The van der Waals surface area contributed by atoms with Gasteiger partial charge in [-0.05, 0) is 18.8 Å². The molecule has 1 aliphatic carbocycles. The summed E-state index contributed by atoms with van der Waals surface area (Å²) in [6.45, 7) is 6.28. The van der Waals surface area contributed by atoms with Crippen molar-refractivity contribution in [3.63, 3.8) is 0 Å². The van der Waals surface area contributed by atoms with E-state index in [0.29, 0.717) is 6.42 Å². The van der Waals surface area contributed by atoms with Crippen molar-refractivity contribution >= 4 is 17.1 Å². The number of rotatable bonds is 1. The van der Waals surface area contributed by atoms with Gasteiger partial charge in [-0.2, -0.15) is 5.10 Å². The van der Waals surface area contributed by atoms with Gasteiger partial charge in [-0.3, -0.25) is 9.48 Å². The zero-order chi connectivity index (χ0) is 13.8. The van der Waals surface area contributed by atoms with Gasteiger partial charge < -0.3 is 0 Å². The minimum absolute atomic E-state index is 0.0272. The van der Waals surface area contributed by atoms with Crippen molar-refractivity contribution in [3.05, 3.63) is 22.5 Å². The second-order valence-electron chi connectivity index (χ2n) is 6.00. The van der Waals surface area contributed by atoms with E-state index in [9.17, 15) is 4.79 Å². The summed E-state index contributed by atoms with van der Waals surface area (Å²) in [6, 6.07) is 0. The summed E-state index contributed by atoms with van der Waals surface area (Å²) in [7, 11) is 1.92. The lowest BCUT2D eigenvalue weighted by molar-refractivity contribution is 0.0916. The number of carbonyl (C=O) groups excluding carboxylic acids is 1. The molecule has 0 aromatic carbocycles. The molecule has 5 heteroatoms. The Morgan fingerprint density at radius 2 is 2.11 bits per heavy atom. The zero-order valence-corrected chi connectivity index (χ0v) is 12.5. The van der Waals surface area contributed by atoms with Crippen molar-refractivity contribution in [1.29, 1.82) is 0 Å². The SMILES string of the molecule is Cc1c(-c2nc3c(s2)C(=O)CC(C)(C)C3)cnn1C. The Morgan fingerprint density at radius 3 is 2.74 bits per heavy atom. The van der Waals surface area contributed by atoms with Gasteiger partial charge in [0.25, 0.3) is 0 Å². The lowest BCUT2D eigenvalue weighted by atomic mass is 9.78. The molecule has 0 saturated heterocycles. The third-order valence-electron chi connectivity index (χ3n) is 3.70. The lowest BCUT2D eigenvalue weighted by Gasteiger charge is -2.26. The highest BCUT2D eigenvalue weighted by atomic mass is 32.1. The first-order valence-corrected chi connectivity index (χ1v) is 7.21. The van der Waals surface area contributed by atoms with Gasteiger partial charge in [0.1, 0.15) is 5.01 Å². The number of hydrogen-bond donors (Lipinski definition) is 0. The third kappa shape index (κ3) is 2.02. The summed E-state index contributed by atoms with van der Waals surface area (Å²) in [5.41, 5.74) is 3.11. The molecule has 1 aliphatic rings. The molecule has 100 valence electrons. The molecular formula is C14H17N3OS. The summed E-state index contributed by atoms with van der Waals surface area (Å²) in [6.07, 6.45) is 3.33. The third-order valence-corrected chi connectivity index (χ3v) is 4.87. The van der Waals surface area contributed by atoms with Crippen LogP contribution in [0.15, 0.2) is 6.20 Å². The maximum atomic E-state index is 12.2. The molecule has 0 amide bonds. The Bertz CT molecular complexity index is 666. The molecule has 2 aromatic heterocycles. The largest absolute Gasteiger partial charge is 0.293 e. The Hall–Kier alpha value is -1.49. The second-order valence-corrected chi connectivity index (χ2v) is 7.00. The van der Waals surface area contributed by atoms with Crippen molar-refractivity contribution in [1.82, 2.24) is 14.8 Å². The van der Waals surface area contributed by atoms with E-state index in [0.717, 1.165) is 33.3 Å². The zero-order valence-electron chi connectivity index (χ0n) is 11.6. The molecule has 0 spiro atoms. The molecule has 0 fully saturated rings. The highest BCUT2D eigenvalue weighted by Crippen LogP contribution is 2.39. The van der Waals surface area contributed by atoms with Crippen LogP contribution in [0.2, 0.25) is 0 Å². The van der Waals surface area contributed by atoms with E-state index in [2.05, 4.69) is 23.9 Å². The van der Waals surface area contributed by atoms with E-state index < -0.39 is 0 Å². The Kier molecular flexibility index (Phi) is 2.64. The van der Waals surface area contributed by atoms with E-state index in [4.69, 9.17) is 0 Å². The van der Waals surface area contributed by atoms with Crippen molar-refractivity contribution in [3.8, 4) is 10.6 Å². The molecule has 0 unspecified atom stereocenters. The van der Waals surface area contributed by atoms with Crippen LogP contribution in [0.1, 0.15) is 41.3 Å². The molecule has 0 saturated carbocycles.